The van der Waals surface area contributed by atoms with Crippen molar-refractivity contribution in [3.63, 3.8) is 0 Å². The minimum absolute atomic E-state index is 0.0537. The van der Waals surface area contributed by atoms with Crippen LogP contribution in [0, 0.1) is 16.0 Å². The highest BCUT2D eigenvalue weighted by Crippen LogP contribution is 2.40. The van der Waals surface area contributed by atoms with Crippen LogP contribution in [0.2, 0.25) is 0 Å². The Balaban J connectivity index is 1.96. The lowest BCUT2D eigenvalue weighted by molar-refractivity contribution is -0.385. The van der Waals surface area contributed by atoms with E-state index in [1.165, 1.54) is 32.4 Å². The number of carbonyl (C=O) groups is 1. The van der Waals surface area contributed by atoms with Crippen molar-refractivity contribution < 1.29 is 19.2 Å². The molecule has 0 aromatic heterocycles. The first-order valence-corrected chi connectivity index (χ1v) is 10.1. The highest BCUT2D eigenvalue weighted by molar-refractivity contribution is 5.77. The predicted octanol–water partition coefficient (Wildman–Crippen LogP) is 5.33. The molecule has 0 saturated heterocycles. The van der Waals surface area contributed by atoms with E-state index < -0.39 is 4.92 Å². The fourth-order valence-electron chi connectivity index (χ4n) is 3.84. The predicted molar refractivity (Wildman–Crippen MR) is 111 cm³/mol. The monoisotopic (exact) mass is 397 g/mol. The zero-order chi connectivity index (χ0) is 20.6. The molecule has 1 aliphatic carbocycles. The average Bonchev–Trinajstić information content (AvgIpc) is 2.77. The van der Waals surface area contributed by atoms with Gasteiger partial charge in [0.2, 0.25) is 5.75 Å². The molecule has 6 heteroatoms. The molecule has 0 aliphatic heterocycles. The molecule has 6 nitrogen and oxygen atoms in total. The van der Waals surface area contributed by atoms with E-state index in [2.05, 4.69) is 0 Å². The number of nitro groups is 1. The Morgan fingerprint density at radius 3 is 2.52 bits per heavy atom. The van der Waals surface area contributed by atoms with Crippen LogP contribution in [0.25, 0.3) is 11.1 Å². The summed E-state index contributed by atoms with van der Waals surface area (Å²) in [6.45, 7) is 0.488. The highest BCUT2D eigenvalue weighted by atomic mass is 16.6. The number of carbonyl (C=O) groups excluding carboxylic acids is 1. The van der Waals surface area contributed by atoms with Crippen molar-refractivity contribution >= 4 is 11.7 Å². The molecule has 0 radical (unpaired) electrons. The summed E-state index contributed by atoms with van der Waals surface area (Å²) in [5.41, 5.74) is 2.21. The molecule has 0 heterocycles. The van der Waals surface area contributed by atoms with E-state index in [4.69, 9.17) is 9.47 Å². The molecular weight excluding hydrogens is 370 g/mol. The molecule has 0 atom stereocenters. The van der Waals surface area contributed by atoms with Crippen LogP contribution in [0.3, 0.4) is 0 Å². The van der Waals surface area contributed by atoms with Crippen molar-refractivity contribution in [2.45, 2.75) is 44.9 Å². The van der Waals surface area contributed by atoms with Gasteiger partial charge < -0.3 is 9.47 Å². The van der Waals surface area contributed by atoms with Crippen LogP contribution in [-0.4, -0.2) is 24.6 Å². The lowest BCUT2D eigenvalue weighted by atomic mass is 9.90. The largest absolute Gasteiger partial charge is 0.486 e. The molecule has 2 aromatic carbocycles. The van der Waals surface area contributed by atoms with Crippen LogP contribution in [0.4, 0.5) is 5.69 Å². The Bertz CT molecular complexity index is 844. The molecule has 0 N–H and O–H groups in total. The van der Waals surface area contributed by atoms with Gasteiger partial charge in [0.05, 0.1) is 18.6 Å². The zero-order valence-electron chi connectivity index (χ0n) is 16.8. The van der Waals surface area contributed by atoms with Gasteiger partial charge in [-0.05, 0) is 42.4 Å². The van der Waals surface area contributed by atoms with Crippen LogP contribution in [-0.2, 0) is 16.0 Å². The van der Waals surface area contributed by atoms with Crippen molar-refractivity contribution in [2.75, 3.05) is 13.7 Å². The molecule has 1 aliphatic rings. The van der Waals surface area contributed by atoms with Gasteiger partial charge in [0.25, 0.3) is 0 Å². The first kappa shape index (κ1) is 20.8. The summed E-state index contributed by atoms with van der Waals surface area (Å²) in [5, 5.41) is 11.8. The summed E-state index contributed by atoms with van der Waals surface area (Å²) in [5.74, 6) is 0.408. The van der Waals surface area contributed by atoms with Crippen molar-refractivity contribution in [3.8, 4) is 16.9 Å². The molecule has 0 unspecified atom stereocenters. The third-order valence-electron chi connectivity index (χ3n) is 5.44. The van der Waals surface area contributed by atoms with Gasteiger partial charge in [0.15, 0.2) is 0 Å². The lowest BCUT2D eigenvalue weighted by Crippen LogP contribution is -2.16. The van der Waals surface area contributed by atoms with Gasteiger partial charge in [0, 0.05) is 18.1 Å². The molecule has 0 spiro atoms. The summed E-state index contributed by atoms with van der Waals surface area (Å²) in [6, 6.07) is 12.9. The van der Waals surface area contributed by atoms with Crippen LogP contribution in [0.15, 0.2) is 42.5 Å². The number of methoxy groups -OCH3 is 1. The first-order valence-electron chi connectivity index (χ1n) is 10.1. The Kier molecular flexibility index (Phi) is 7.22. The number of rotatable bonds is 8. The maximum atomic E-state index is 11.8. The van der Waals surface area contributed by atoms with Gasteiger partial charge >= 0.3 is 11.7 Å². The first-order chi connectivity index (χ1) is 14.1. The normalized spacial score (nSPS) is 14.4. The maximum absolute atomic E-state index is 11.8. The van der Waals surface area contributed by atoms with E-state index in [-0.39, 0.29) is 18.1 Å². The quantitative estimate of drug-likeness (QED) is 0.342. The summed E-state index contributed by atoms with van der Waals surface area (Å²) in [4.78, 5) is 23.0. The number of aryl methyl sites for hydroxylation is 1. The van der Waals surface area contributed by atoms with Gasteiger partial charge in [-0.1, -0.05) is 49.6 Å². The third-order valence-corrected chi connectivity index (χ3v) is 5.44. The maximum Gasteiger partial charge on any atom is 0.311 e. The van der Waals surface area contributed by atoms with E-state index in [1.807, 2.05) is 36.4 Å². The smallest absolute Gasteiger partial charge is 0.311 e. The third kappa shape index (κ3) is 5.56. The number of nitro benzene ring substituents is 1. The van der Waals surface area contributed by atoms with Crippen molar-refractivity contribution in [2.24, 2.45) is 5.92 Å². The highest BCUT2D eigenvalue weighted by Gasteiger charge is 2.24. The fraction of sp³-hybridized carbons (Fsp3) is 0.435. The van der Waals surface area contributed by atoms with Gasteiger partial charge in [-0.25, -0.2) is 0 Å². The molecule has 0 bridgehead atoms. The Morgan fingerprint density at radius 1 is 1.14 bits per heavy atom. The Morgan fingerprint density at radius 2 is 1.86 bits per heavy atom. The van der Waals surface area contributed by atoms with Gasteiger partial charge in [0.1, 0.15) is 0 Å². The fourth-order valence-corrected chi connectivity index (χ4v) is 3.84. The number of hydrogen-bond donors (Lipinski definition) is 0. The van der Waals surface area contributed by atoms with Gasteiger partial charge in [-0.2, -0.15) is 0 Å². The van der Waals surface area contributed by atoms with Crippen LogP contribution in [0.5, 0.6) is 5.75 Å². The van der Waals surface area contributed by atoms with Crippen molar-refractivity contribution in [1.82, 2.24) is 0 Å². The summed E-state index contributed by atoms with van der Waals surface area (Å²) in [7, 11) is 1.34. The van der Waals surface area contributed by atoms with Crippen LogP contribution in [0.1, 0.15) is 44.1 Å². The van der Waals surface area contributed by atoms with Gasteiger partial charge in [-0.3, -0.25) is 14.9 Å². The van der Waals surface area contributed by atoms with E-state index >= 15 is 0 Å². The number of nitrogens with zero attached hydrogens (tertiary/aromatic N) is 1. The second-order valence-electron chi connectivity index (χ2n) is 7.51. The summed E-state index contributed by atoms with van der Waals surface area (Å²) < 4.78 is 10.8. The summed E-state index contributed by atoms with van der Waals surface area (Å²) in [6.07, 6.45) is 6.38. The molecular formula is C23H27NO5. The average molecular weight is 397 g/mol. The molecule has 3 rings (SSSR count). The zero-order valence-corrected chi connectivity index (χ0v) is 16.8. The van der Waals surface area contributed by atoms with E-state index in [1.54, 1.807) is 0 Å². The molecule has 1 saturated carbocycles. The Hall–Kier alpha value is -2.89. The molecule has 154 valence electrons. The van der Waals surface area contributed by atoms with Crippen LogP contribution < -0.4 is 4.74 Å². The van der Waals surface area contributed by atoms with Crippen molar-refractivity contribution in [1.29, 1.82) is 0 Å². The number of hydrogen-bond acceptors (Lipinski definition) is 5. The molecule has 2 aromatic rings. The second kappa shape index (κ2) is 10.0. The van der Waals surface area contributed by atoms with Crippen molar-refractivity contribution in [3.05, 3.63) is 58.1 Å². The molecule has 1 fully saturated rings. The standard InChI is InChI=1S/C23H27NO5/c1-28-22(25)13-12-18-14-20(19-10-6-3-7-11-19)23(21(15-18)24(26)27)29-16-17-8-4-2-5-9-17/h3,6-7,10-11,14-15,17H,2,4-5,8-9,12-13,16H2,1H3. The van der Waals surface area contributed by atoms with E-state index in [9.17, 15) is 14.9 Å². The molecule has 0 amide bonds. The minimum Gasteiger partial charge on any atom is -0.486 e. The number of esters is 1. The Labute approximate surface area is 171 Å². The minimum atomic E-state index is -0.399. The lowest BCUT2D eigenvalue weighted by Gasteiger charge is -2.22. The summed E-state index contributed by atoms with van der Waals surface area (Å²) >= 11 is 0. The van der Waals surface area contributed by atoms with Gasteiger partial charge in [-0.15, -0.1) is 0 Å². The van der Waals surface area contributed by atoms with E-state index in [0.29, 0.717) is 35.8 Å². The topological polar surface area (TPSA) is 78.7 Å². The molecule has 29 heavy (non-hydrogen) atoms. The van der Waals surface area contributed by atoms with E-state index in [0.717, 1.165) is 18.4 Å². The van der Waals surface area contributed by atoms with Crippen LogP contribution >= 0.6 is 0 Å². The second-order valence-corrected chi connectivity index (χ2v) is 7.51. The SMILES string of the molecule is COC(=O)CCc1cc(-c2ccccc2)c(OCC2CCCCC2)c([N+](=O)[O-])c1. The number of benzene rings is 2. The number of ether oxygens (including phenoxy) is 2.